The van der Waals surface area contributed by atoms with E-state index >= 15 is 0 Å². The third-order valence-corrected chi connectivity index (χ3v) is 2.03. The normalized spacial score (nSPS) is 10.3. The maximum Gasteiger partial charge on any atom is 0.153 e. The van der Waals surface area contributed by atoms with Gasteiger partial charge >= 0.3 is 0 Å². The van der Waals surface area contributed by atoms with Crippen molar-refractivity contribution < 1.29 is 0 Å². The van der Waals surface area contributed by atoms with E-state index < -0.39 is 0 Å². The van der Waals surface area contributed by atoms with E-state index in [1.165, 1.54) is 11.3 Å². The Kier molecular flexibility index (Phi) is 1.89. The van der Waals surface area contributed by atoms with E-state index in [1.54, 1.807) is 0 Å². The fourth-order valence-electron chi connectivity index (χ4n) is 1.12. The monoisotopic (exact) mass is 153 g/mol. The molecular weight excluding hydrogens is 138 g/mol. The van der Waals surface area contributed by atoms with Crippen LogP contribution in [0.1, 0.15) is 11.3 Å². The molecule has 0 aliphatic carbocycles. The second kappa shape index (κ2) is 2.57. The molecule has 0 atom stereocenters. The number of aromatic nitrogens is 2. The molecule has 11 heavy (non-hydrogen) atoms. The molecule has 0 bridgehead atoms. The third kappa shape index (κ3) is 1.23. The van der Waals surface area contributed by atoms with Gasteiger partial charge in [-0.15, -0.1) is 0 Å². The Morgan fingerprint density at radius 3 is 2.00 bits per heavy atom. The lowest BCUT2D eigenvalue weighted by Crippen LogP contribution is -2.10. The van der Waals surface area contributed by atoms with Gasteiger partial charge in [0.05, 0.1) is 0 Å². The standard InChI is InChI=1S/C8H15N3/c1-6-7(2)11(5)9-8(6)10(3)4/h1-5H3. The molecule has 1 aromatic rings. The van der Waals surface area contributed by atoms with Gasteiger partial charge in [0.25, 0.3) is 0 Å². The molecule has 0 spiro atoms. The Bertz CT molecular complexity index is 261. The van der Waals surface area contributed by atoms with Crippen LogP contribution >= 0.6 is 0 Å². The molecule has 0 saturated heterocycles. The summed E-state index contributed by atoms with van der Waals surface area (Å²) in [5.74, 6) is 1.06. The highest BCUT2D eigenvalue weighted by atomic mass is 15.3. The summed E-state index contributed by atoms with van der Waals surface area (Å²) in [4.78, 5) is 2.03. The van der Waals surface area contributed by atoms with E-state index in [4.69, 9.17) is 0 Å². The Balaban J connectivity index is 3.19. The highest BCUT2D eigenvalue weighted by Gasteiger charge is 2.08. The van der Waals surface area contributed by atoms with Gasteiger partial charge in [-0.25, -0.2) is 0 Å². The van der Waals surface area contributed by atoms with Crippen LogP contribution < -0.4 is 4.90 Å². The fourth-order valence-corrected chi connectivity index (χ4v) is 1.12. The number of rotatable bonds is 1. The lowest BCUT2D eigenvalue weighted by atomic mass is 10.3. The van der Waals surface area contributed by atoms with Crippen LogP contribution in [-0.4, -0.2) is 23.9 Å². The fraction of sp³-hybridized carbons (Fsp3) is 0.625. The highest BCUT2D eigenvalue weighted by Crippen LogP contribution is 2.17. The second-order valence-electron chi connectivity index (χ2n) is 3.05. The summed E-state index contributed by atoms with van der Waals surface area (Å²) in [5, 5.41) is 4.35. The van der Waals surface area contributed by atoms with Crippen molar-refractivity contribution in [3.05, 3.63) is 11.3 Å². The van der Waals surface area contributed by atoms with Crippen molar-refractivity contribution in [1.29, 1.82) is 0 Å². The zero-order valence-corrected chi connectivity index (χ0v) is 7.84. The van der Waals surface area contributed by atoms with Gasteiger partial charge in [-0.3, -0.25) is 4.68 Å². The van der Waals surface area contributed by atoms with Crippen LogP contribution in [0.25, 0.3) is 0 Å². The SMILES string of the molecule is Cc1c(N(C)C)nn(C)c1C. The number of hydrogen-bond donors (Lipinski definition) is 0. The van der Waals surface area contributed by atoms with E-state index in [2.05, 4.69) is 18.9 Å². The topological polar surface area (TPSA) is 21.1 Å². The molecule has 1 rings (SSSR count). The minimum Gasteiger partial charge on any atom is -0.361 e. The molecule has 0 aliphatic rings. The van der Waals surface area contributed by atoms with E-state index in [0.717, 1.165) is 5.82 Å². The maximum absolute atomic E-state index is 4.35. The quantitative estimate of drug-likeness (QED) is 0.602. The number of hydrogen-bond acceptors (Lipinski definition) is 2. The van der Waals surface area contributed by atoms with Crippen LogP contribution in [0.2, 0.25) is 0 Å². The van der Waals surface area contributed by atoms with E-state index in [1.807, 2.05) is 30.7 Å². The summed E-state index contributed by atoms with van der Waals surface area (Å²) < 4.78 is 1.91. The molecule has 62 valence electrons. The van der Waals surface area contributed by atoms with Gasteiger partial charge in [-0.1, -0.05) is 0 Å². The average molecular weight is 153 g/mol. The molecule has 0 radical (unpaired) electrons. The van der Waals surface area contributed by atoms with Crippen LogP contribution in [0, 0.1) is 13.8 Å². The van der Waals surface area contributed by atoms with Crippen LogP contribution in [0.5, 0.6) is 0 Å². The van der Waals surface area contributed by atoms with Crippen molar-refractivity contribution in [2.75, 3.05) is 19.0 Å². The Morgan fingerprint density at radius 1 is 1.27 bits per heavy atom. The Hall–Kier alpha value is -0.990. The summed E-state index contributed by atoms with van der Waals surface area (Å²) in [6, 6.07) is 0. The molecule has 1 heterocycles. The summed E-state index contributed by atoms with van der Waals surface area (Å²) in [7, 11) is 5.98. The van der Waals surface area contributed by atoms with Crippen molar-refractivity contribution in [2.24, 2.45) is 7.05 Å². The molecule has 0 saturated carbocycles. The molecule has 0 aromatic carbocycles. The van der Waals surface area contributed by atoms with Gasteiger partial charge in [-0.05, 0) is 13.8 Å². The third-order valence-electron chi connectivity index (χ3n) is 2.03. The summed E-state index contributed by atoms with van der Waals surface area (Å²) in [5.41, 5.74) is 2.49. The van der Waals surface area contributed by atoms with Crippen molar-refractivity contribution in [2.45, 2.75) is 13.8 Å². The van der Waals surface area contributed by atoms with Gasteiger partial charge in [0.1, 0.15) is 0 Å². The van der Waals surface area contributed by atoms with E-state index in [-0.39, 0.29) is 0 Å². The zero-order valence-electron chi connectivity index (χ0n) is 7.84. The summed E-state index contributed by atoms with van der Waals surface area (Å²) in [6.45, 7) is 4.17. The lowest BCUT2D eigenvalue weighted by molar-refractivity contribution is 0.735. The Morgan fingerprint density at radius 2 is 1.82 bits per heavy atom. The van der Waals surface area contributed by atoms with E-state index in [9.17, 15) is 0 Å². The number of anilines is 1. The molecule has 0 N–H and O–H groups in total. The van der Waals surface area contributed by atoms with E-state index in [0.29, 0.717) is 0 Å². The second-order valence-corrected chi connectivity index (χ2v) is 3.05. The molecule has 0 aliphatic heterocycles. The molecule has 1 aromatic heterocycles. The van der Waals surface area contributed by atoms with Crippen LogP contribution in [0.4, 0.5) is 5.82 Å². The molecule has 0 fully saturated rings. The predicted octanol–water partition coefficient (Wildman–Crippen LogP) is 1.10. The van der Waals surface area contributed by atoms with Crippen LogP contribution in [0.3, 0.4) is 0 Å². The van der Waals surface area contributed by atoms with Crippen molar-refractivity contribution in [3.8, 4) is 0 Å². The minimum atomic E-state index is 1.06. The predicted molar refractivity (Wildman–Crippen MR) is 47.0 cm³/mol. The van der Waals surface area contributed by atoms with Gasteiger partial charge in [-0.2, -0.15) is 5.10 Å². The maximum atomic E-state index is 4.35. The first kappa shape index (κ1) is 8.11. The van der Waals surface area contributed by atoms with Gasteiger partial charge in [0.15, 0.2) is 5.82 Å². The number of nitrogens with zero attached hydrogens (tertiary/aromatic N) is 3. The summed E-state index contributed by atoms with van der Waals surface area (Å²) in [6.07, 6.45) is 0. The highest BCUT2D eigenvalue weighted by molar-refractivity contribution is 5.46. The molecule has 3 heteroatoms. The minimum absolute atomic E-state index is 1.06. The first-order chi connectivity index (χ1) is 5.04. The van der Waals surface area contributed by atoms with Gasteiger partial charge in [0.2, 0.25) is 0 Å². The van der Waals surface area contributed by atoms with Crippen molar-refractivity contribution >= 4 is 5.82 Å². The largest absolute Gasteiger partial charge is 0.361 e. The first-order valence-electron chi connectivity index (χ1n) is 3.71. The lowest BCUT2D eigenvalue weighted by Gasteiger charge is -2.08. The molecular formula is C8H15N3. The van der Waals surface area contributed by atoms with Gasteiger partial charge < -0.3 is 4.90 Å². The zero-order chi connectivity index (χ0) is 8.59. The smallest absolute Gasteiger partial charge is 0.153 e. The van der Waals surface area contributed by atoms with Crippen LogP contribution in [0.15, 0.2) is 0 Å². The van der Waals surface area contributed by atoms with Crippen molar-refractivity contribution in [1.82, 2.24) is 9.78 Å². The Labute approximate surface area is 67.6 Å². The number of aryl methyl sites for hydroxylation is 1. The summed E-state index contributed by atoms with van der Waals surface area (Å²) >= 11 is 0. The molecule has 3 nitrogen and oxygen atoms in total. The molecule has 0 amide bonds. The first-order valence-corrected chi connectivity index (χ1v) is 3.71. The molecule has 0 unspecified atom stereocenters. The average Bonchev–Trinajstić information content (AvgIpc) is 2.17. The van der Waals surface area contributed by atoms with Crippen LogP contribution in [-0.2, 0) is 7.05 Å². The van der Waals surface area contributed by atoms with Gasteiger partial charge in [0, 0.05) is 32.4 Å². The van der Waals surface area contributed by atoms with Crippen molar-refractivity contribution in [3.63, 3.8) is 0 Å².